The first-order valence-electron chi connectivity index (χ1n) is 9.44. The summed E-state index contributed by atoms with van der Waals surface area (Å²) in [6.07, 6.45) is 1.74. The molecule has 28 heavy (non-hydrogen) atoms. The Morgan fingerprint density at radius 2 is 2.04 bits per heavy atom. The molecule has 1 N–H and O–H groups in total. The number of pyridine rings is 1. The van der Waals surface area contributed by atoms with Crippen molar-refractivity contribution in [1.29, 1.82) is 0 Å². The summed E-state index contributed by atoms with van der Waals surface area (Å²) in [5.41, 5.74) is 3.28. The van der Waals surface area contributed by atoms with E-state index in [1.54, 1.807) is 12.3 Å². The van der Waals surface area contributed by atoms with Crippen LogP contribution in [0.25, 0.3) is 5.82 Å². The molecule has 1 atom stereocenters. The van der Waals surface area contributed by atoms with Gasteiger partial charge in [-0.2, -0.15) is 0 Å². The van der Waals surface area contributed by atoms with Crippen LogP contribution in [-0.2, 0) is 0 Å². The van der Waals surface area contributed by atoms with Gasteiger partial charge in [0.2, 0.25) is 0 Å². The third kappa shape index (κ3) is 3.31. The lowest BCUT2D eigenvalue weighted by molar-refractivity contribution is 0.0633. The van der Waals surface area contributed by atoms with E-state index in [2.05, 4.69) is 10.3 Å². The van der Waals surface area contributed by atoms with Crippen LogP contribution in [0.4, 0.5) is 4.39 Å². The molecule has 1 unspecified atom stereocenters. The number of piperazine rings is 1. The highest BCUT2D eigenvalue weighted by Gasteiger charge is 2.31. The topological polar surface area (TPSA) is 50.2 Å². The minimum absolute atomic E-state index is 0.0361. The number of aryl methyl sites for hydroxylation is 1. The maximum atomic E-state index is 13.7. The summed E-state index contributed by atoms with van der Waals surface area (Å²) < 4.78 is 15.7. The molecule has 1 fully saturated rings. The van der Waals surface area contributed by atoms with Gasteiger partial charge in [-0.3, -0.25) is 4.79 Å². The molecule has 0 spiro atoms. The Hall–Kier alpha value is -2.99. The molecule has 4 rings (SSSR count). The van der Waals surface area contributed by atoms with Crippen LogP contribution in [0.5, 0.6) is 0 Å². The van der Waals surface area contributed by atoms with Crippen molar-refractivity contribution in [1.82, 2.24) is 19.8 Å². The Balaban J connectivity index is 1.70. The zero-order valence-corrected chi connectivity index (χ0v) is 16.0. The lowest BCUT2D eigenvalue weighted by atomic mass is 10.0. The summed E-state index contributed by atoms with van der Waals surface area (Å²) in [6, 6.07) is 13.9. The van der Waals surface area contributed by atoms with Crippen LogP contribution in [-0.4, -0.2) is 40.0 Å². The minimum Gasteiger partial charge on any atom is -0.329 e. The second kappa shape index (κ2) is 7.56. The van der Waals surface area contributed by atoms with Gasteiger partial charge in [0, 0.05) is 37.2 Å². The average molecular weight is 378 g/mol. The fourth-order valence-corrected chi connectivity index (χ4v) is 3.93. The summed E-state index contributed by atoms with van der Waals surface area (Å²) in [4.78, 5) is 19.7. The Bertz CT molecular complexity index is 999. The molecule has 3 heterocycles. The smallest absolute Gasteiger partial charge is 0.256 e. The molecular weight excluding hydrogens is 355 g/mol. The fourth-order valence-electron chi connectivity index (χ4n) is 3.93. The number of rotatable bonds is 3. The summed E-state index contributed by atoms with van der Waals surface area (Å²) in [5, 5.41) is 3.31. The molecule has 0 radical (unpaired) electrons. The summed E-state index contributed by atoms with van der Waals surface area (Å²) in [5.74, 6) is 0.466. The third-order valence-corrected chi connectivity index (χ3v) is 5.28. The molecule has 5 nitrogen and oxygen atoms in total. The van der Waals surface area contributed by atoms with Crippen LogP contribution >= 0.6 is 0 Å². The van der Waals surface area contributed by atoms with E-state index in [0.717, 1.165) is 29.3 Å². The van der Waals surface area contributed by atoms with Crippen molar-refractivity contribution in [3.63, 3.8) is 0 Å². The SMILES string of the molecule is Cc1cc(C(=O)N2CCNCC2c2cccc(F)c2)c(C)n1-c1ccccn1. The maximum Gasteiger partial charge on any atom is 0.256 e. The van der Waals surface area contributed by atoms with Crippen LogP contribution in [0.2, 0.25) is 0 Å². The van der Waals surface area contributed by atoms with E-state index in [1.165, 1.54) is 12.1 Å². The monoisotopic (exact) mass is 378 g/mol. The second-order valence-corrected chi connectivity index (χ2v) is 7.08. The summed E-state index contributed by atoms with van der Waals surface area (Å²) >= 11 is 0. The molecule has 6 heteroatoms. The Morgan fingerprint density at radius 1 is 1.18 bits per heavy atom. The molecule has 1 saturated heterocycles. The van der Waals surface area contributed by atoms with E-state index in [9.17, 15) is 9.18 Å². The van der Waals surface area contributed by atoms with Gasteiger partial charge in [0.1, 0.15) is 11.6 Å². The second-order valence-electron chi connectivity index (χ2n) is 7.08. The van der Waals surface area contributed by atoms with Crippen LogP contribution in [0, 0.1) is 19.7 Å². The zero-order valence-electron chi connectivity index (χ0n) is 16.0. The van der Waals surface area contributed by atoms with E-state index in [1.807, 2.05) is 53.6 Å². The number of carbonyl (C=O) groups is 1. The van der Waals surface area contributed by atoms with Crippen molar-refractivity contribution in [3.8, 4) is 5.82 Å². The van der Waals surface area contributed by atoms with Crippen LogP contribution in [0.3, 0.4) is 0 Å². The van der Waals surface area contributed by atoms with Crippen molar-refractivity contribution in [2.24, 2.45) is 0 Å². The van der Waals surface area contributed by atoms with Crippen molar-refractivity contribution in [2.45, 2.75) is 19.9 Å². The predicted octanol–water partition coefficient (Wildman–Crippen LogP) is 3.41. The number of hydrogen-bond acceptors (Lipinski definition) is 3. The molecule has 0 saturated carbocycles. The van der Waals surface area contributed by atoms with Crippen LogP contribution in [0.15, 0.2) is 54.7 Å². The fraction of sp³-hybridized carbons (Fsp3) is 0.273. The maximum absolute atomic E-state index is 13.7. The van der Waals surface area contributed by atoms with Crippen molar-refractivity contribution < 1.29 is 9.18 Å². The van der Waals surface area contributed by atoms with E-state index < -0.39 is 0 Å². The van der Waals surface area contributed by atoms with Gasteiger partial charge in [-0.15, -0.1) is 0 Å². The highest BCUT2D eigenvalue weighted by Crippen LogP contribution is 2.27. The van der Waals surface area contributed by atoms with Crippen LogP contribution < -0.4 is 5.32 Å². The van der Waals surface area contributed by atoms with Gasteiger partial charge in [0.15, 0.2) is 0 Å². The van der Waals surface area contributed by atoms with E-state index >= 15 is 0 Å². The van der Waals surface area contributed by atoms with Crippen molar-refractivity contribution >= 4 is 5.91 Å². The lowest BCUT2D eigenvalue weighted by Gasteiger charge is -2.36. The Kier molecular flexibility index (Phi) is 4.96. The number of benzene rings is 1. The average Bonchev–Trinajstić information content (AvgIpc) is 3.02. The number of amides is 1. The highest BCUT2D eigenvalue weighted by molar-refractivity contribution is 5.96. The third-order valence-electron chi connectivity index (χ3n) is 5.28. The molecule has 0 bridgehead atoms. The number of halogens is 1. The Labute approximate surface area is 163 Å². The number of aromatic nitrogens is 2. The first-order valence-corrected chi connectivity index (χ1v) is 9.44. The molecule has 1 aliphatic rings. The molecule has 1 amide bonds. The van der Waals surface area contributed by atoms with Gasteiger partial charge in [-0.1, -0.05) is 18.2 Å². The van der Waals surface area contributed by atoms with Gasteiger partial charge in [0.05, 0.1) is 11.6 Å². The van der Waals surface area contributed by atoms with Gasteiger partial charge < -0.3 is 14.8 Å². The van der Waals surface area contributed by atoms with E-state index in [0.29, 0.717) is 18.7 Å². The zero-order chi connectivity index (χ0) is 19.7. The molecule has 1 aromatic carbocycles. The molecule has 144 valence electrons. The molecule has 2 aromatic heterocycles. The largest absolute Gasteiger partial charge is 0.329 e. The Morgan fingerprint density at radius 3 is 2.79 bits per heavy atom. The normalized spacial score (nSPS) is 17.0. The summed E-state index contributed by atoms with van der Waals surface area (Å²) in [6.45, 7) is 5.81. The number of nitrogens with one attached hydrogen (secondary N) is 1. The first kappa shape index (κ1) is 18.4. The van der Waals surface area contributed by atoms with Gasteiger partial charge in [0.25, 0.3) is 5.91 Å². The van der Waals surface area contributed by atoms with Crippen molar-refractivity contribution in [3.05, 3.63) is 83.1 Å². The summed E-state index contributed by atoms with van der Waals surface area (Å²) in [7, 11) is 0. The number of hydrogen-bond donors (Lipinski definition) is 1. The molecule has 1 aliphatic heterocycles. The molecule has 0 aliphatic carbocycles. The number of nitrogens with zero attached hydrogens (tertiary/aromatic N) is 3. The predicted molar refractivity (Wildman–Crippen MR) is 106 cm³/mol. The van der Waals surface area contributed by atoms with E-state index in [-0.39, 0.29) is 17.8 Å². The van der Waals surface area contributed by atoms with E-state index in [4.69, 9.17) is 0 Å². The minimum atomic E-state index is -0.288. The molecule has 3 aromatic rings. The number of carbonyl (C=O) groups excluding carboxylic acids is 1. The van der Waals surface area contributed by atoms with Gasteiger partial charge in [-0.05, 0) is 49.7 Å². The van der Waals surface area contributed by atoms with Gasteiger partial charge in [-0.25, -0.2) is 9.37 Å². The van der Waals surface area contributed by atoms with Crippen molar-refractivity contribution in [2.75, 3.05) is 19.6 Å². The van der Waals surface area contributed by atoms with Crippen LogP contribution in [0.1, 0.15) is 33.4 Å². The highest BCUT2D eigenvalue weighted by atomic mass is 19.1. The lowest BCUT2D eigenvalue weighted by Crippen LogP contribution is -2.48. The van der Waals surface area contributed by atoms with Gasteiger partial charge >= 0.3 is 0 Å². The quantitative estimate of drug-likeness (QED) is 0.760. The standard InChI is InChI=1S/C22H23FN4O/c1-15-12-19(16(2)27(15)21-8-3-4-9-25-21)22(28)26-11-10-24-14-20(26)17-6-5-7-18(23)13-17/h3-9,12-13,20,24H,10-11,14H2,1-2H3. The molecular formula is C22H23FN4O. The first-order chi connectivity index (χ1) is 13.6.